The third kappa shape index (κ3) is 4.15. The average Bonchev–Trinajstić information content (AvgIpc) is 3.28. The molecule has 0 aromatic carbocycles. The quantitative estimate of drug-likeness (QED) is 0.359. The van der Waals surface area contributed by atoms with E-state index in [1.165, 1.54) is 11.3 Å². The highest BCUT2D eigenvalue weighted by molar-refractivity contribution is 7.17. The first-order chi connectivity index (χ1) is 11.8. The molecule has 2 saturated heterocycles. The lowest BCUT2D eigenvalue weighted by Crippen LogP contribution is -2.50. The maximum atomic E-state index is 12.2. The van der Waals surface area contributed by atoms with Gasteiger partial charge in [0.25, 0.3) is 0 Å². The Morgan fingerprint density at radius 3 is 2.60 bits per heavy atom. The number of likely N-dealkylation sites (tertiary alicyclic amines) is 1. The highest BCUT2D eigenvalue weighted by atomic mass is 32.1. The van der Waals surface area contributed by atoms with Crippen LogP contribution in [0.3, 0.4) is 0 Å². The number of nitrogens with two attached hydrogens (primary N) is 1. The average molecular weight is 369 g/mol. The van der Waals surface area contributed by atoms with Crippen molar-refractivity contribution in [3.63, 3.8) is 0 Å². The van der Waals surface area contributed by atoms with Crippen LogP contribution in [0.5, 0.6) is 0 Å². The summed E-state index contributed by atoms with van der Waals surface area (Å²) in [6.07, 6.45) is 2.27. The molecule has 1 aromatic rings. The standard InChI is InChI=1S/C14H21N5O3S.C2H6/c1-14(2,3)22-13(20)19-7-8-4-9(19)6-18(8)12-16-5-10(23-12)11(15)17-21;1-2/h5,8-9,21H,4,6-7H2,1-3H3,(H2,15,17);1-2H3. The lowest BCUT2D eigenvalue weighted by Gasteiger charge is -2.35. The van der Waals surface area contributed by atoms with E-state index in [0.29, 0.717) is 11.4 Å². The largest absolute Gasteiger partial charge is 0.444 e. The van der Waals surface area contributed by atoms with Gasteiger partial charge in [0, 0.05) is 13.1 Å². The minimum atomic E-state index is -0.482. The molecule has 1 amide bonds. The molecule has 0 saturated carbocycles. The van der Waals surface area contributed by atoms with Gasteiger partial charge >= 0.3 is 6.09 Å². The van der Waals surface area contributed by atoms with E-state index in [0.717, 1.165) is 18.1 Å². The van der Waals surface area contributed by atoms with Crippen molar-refractivity contribution in [2.45, 2.75) is 58.7 Å². The van der Waals surface area contributed by atoms with Gasteiger partial charge in [-0.15, -0.1) is 0 Å². The van der Waals surface area contributed by atoms with E-state index in [1.807, 2.05) is 39.5 Å². The Morgan fingerprint density at radius 1 is 1.40 bits per heavy atom. The van der Waals surface area contributed by atoms with E-state index in [2.05, 4.69) is 15.0 Å². The Labute approximate surface area is 152 Å². The molecule has 25 heavy (non-hydrogen) atoms. The molecule has 2 unspecified atom stereocenters. The number of piperazine rings is 1. The van der Waals surface area contributed by atoms with E-state index < -0.39 is 5.60 Å². The first kappa shape index (κ1) is 19.3. The van der Waals surface area contributed by atoms with E-state index in [9.17, 15) is 4.79 Å². The minimum Gasteiger partial charge on any atom is -0.444 e. The number of oxime groups is 1. The van der Waals surface area contributed by atoms with Crippen LogP contribution in [-0.2, 0) is 4.74 Å². The molecule has 2 fully saturated rings. The molecule has 3 N–H and O–H groups in total. The van der Waals surface area contributed by atoms with Crippen LogP contribution >= 0.6 is 11.3 Å². The zero-order valence-electron chi connectivity index (χ0n) is 15.4. The van der Waals surface area contributed by atoms with E-state index in [1.54, 1.807) is 6.20 Å². The summed E-state index contributed by atoms with van der Waals surface area (Å²) < 4.78 is 5.46. The van der Waals surface area contributed by atoms with Gasteiger partial charge in [0.1, 0.15) is 5.60 Å². The number of nitrogens with zero attached hydrogens (tertiary/aromatic N) is 4. The zero-order valence-corrected chi connectivity index (χ0v) is 16.2. The van der Waals surface area contributed by atoms with E-state index in [4.69, 9.17) is 15.7 Å². The van der Waals surface area contributed by atoms with Crippen LogP contribution in [0.4, 0.5) is 9.93 Å². The molecule has 2 aliphatic rings. The maximum absolute atomic E-state index is 12.2. The Kier molecular flexibility index (Phi) is 5.76. The number of amides is 1. The monoisotopic (exact) mass is 369 g/mol. The molecule has 140 valence electrons. The first-order valence-electron chi connectivity index (χ1n) is 8.48. The molecule has 3 rings (SSSR count). The summed E-state index contributed by atoms with van der Waals surface area (Å²) in [5, 5.41) is 12.6. The molecule has 2 bridgehead atoms. The predicted octanol–water partition coefficient (Wildman–Crippen LogP) is 2.46. The van der Waals surface area contributed by atoms with Crippen LogP contribution in [-0.4, -0.2) is 57.8 Å². The molecule has 1 aromatic heterocycles. The fourth-order valence-corrected chi connectivity index (χ4v) is 3.90. The zero-order chi connectivity index (χ0) is 18.8. The highest BCUT2D eigenvalue weighted by Crippen LogP contribution is 2.37. The molecule has 8 nitrogen and oxygen atoms in total. The summed E-state index contributed by atoms with van der Waals surface area (Å²) in [4.78, 5) is 21.2. The van der Waals surface area contributed by atoms with Crippen molar-refractivity contribution in [2.24, 2.45) is 10.9 Å². The topological polar surface area (TPSA) is 104 Å². The molecule has 2 aliphatic heterocycles. The van der Waals surface area contributed by atoms with E-state index in [-0.39, 0.29) is 24.0 Å². The van der Waals surface area contributed by atoms with Crippen LogP contribution < -0.4 is 10.6 Å². The number of carbonyl (C=O) groups excluding carboxylic acids is 1. The number of ether oxygens (including phenoxy) is 1. The number of aromatic nitrogens is 1. The molecule has 0 spiro atoms. The second kappa shape index (κ2) is 7.47. The lowest BCUT2D eigenvalue weighted by molar-refractivity contribution is 0.0214. The molecule has 0 radical (unpaired) electrons. The maximum Gasteiger partial charge on any atom is 0.410 e. The summed E-state index contributed by atoms with van der Waals surface area (Å²) in [5.41, 5.74) is 5.10. The van der Waals surface area contributed by atoms with Gasteiger partial charge in [-0.1, -0.05) is 30.3 Å². The molecule has 9 heteroatoms. The lowest BCUT2D eigenvalue weighted by atomic mass is 10.2. The number of rotatable bonds is 2. The molecule has 3 heterocycles. The van der Waals surface area contributed by atoms with Gasteiger partial charge in [-0.05, 0) is 27.2 Å². The van der Waals surface area contributed by atoms with Crippen molar-refractivity contribution in [3.05, 3.63) is 11.1 Å². The molecular weight excluding hydrogens is 342 g/mol. The summed E-state index contributed by atoms with van der Waals surface area (Å²) in [5.74, 6) is 0.0634. The van der Waals surface area contributed by atoms with Crippen LogP contribution in [0.1, 0.15) is 45.9 Å². The normalized spacial score (nSPS) is 22.7. The van der Waals surface area contributed by atoms with Gasteiger partial charge in [0.2, 0.25) is 0 Å². The number of anilines is 1. The summed E-state index contributed by atoms with van der Waals surface area (Å²) >= 11 is 1.39. The molecule has 0 aliphatic carbocycles. The number of fused-ring (bicyclic) bond motifs is 2. The highest BCUT2D eigenvalue weighted by Gasteiger charge is 2.47. The third-order valence-electron chi connectivity index (χ3n) is 3.97. The minimum absolute atomic E-state index is 0.0634. The Morgan fingerprint density at radius 2 is 2.08 bits per heavy atom. The van der Waals surface area contributed by atoms with Gasteiger partial charge in [-0.3, -0.25) is 0 Å². The van der Waals surface area contributed by atoms with Gasteiger partial charge in [0.15, 0.2) is 11.0 Å². The Hall–Kier alpha value is -2.03. The number of thiazole rings is 1. The van der Waals surface area contributed by atoms with Crippen molar-refractivity contribution < 1.29 is 14.7 Å². The molecule has 2 atom stereocenters. The number of amidine groups is 1. The first-order valence-corrected chi connectivity index (χ1v) is 9.30. The van der Waals surface area contributed by atoms with Crippen molar-refractivity contribution in [3.8, 4) is 0 Å². The summed E-state index contributed by atoms with van der Waals surface area (Å²) in [6.45, 7) is 11.0. The molecular formula is C16H27N5O3S. The number of carbonyl (C=O) groups is 1. The Balaban J connectivity index is 0.00000109. The second-order valence-corrected chi connectivity index (χ2v) is 7.83. The van der Waals surface area contributed by atoms with Crippen molar-refractivity contribution in [2.75, 3.05) is 18.0 Å². The van der Waals surface area contributed by atoms with Crippen molar-refractivity contribution >= 4 is 28.4 Å². The van der Waals surface area contributed by atoms with Gasteiger partial charge < -0.3 is 25.5 Å². The van der Waals surface area contributed by atoms with E-state index >= 15 is 0 Å². The SMILES string of the molecule is CC.CC(C)(C)OC(=O)N1CC2CC1CN2c1ncc(/C(N)=N/O)s1. The van der Waals surface area contributed by atoms with Gasteiger partial charge in [0.05, 0.1) is 23.2 Å². The third-order valence-corrected chi connectivity index (χ3v) is 5.02. The summed E-state index contributed by atoms with van der Waals surface area (Å²) in [6, 6.07) is 0.380. The smallest absolute Gasteiger partial charge is 0.410 e. The Bertz CT molecular complexity index is 640. The predicted molar refractivity (Wildman–Crippen MR) is 98.5 cm³/mol. The second-order valence-electron chi connectivity index (χ2n) is 6.82. The van der Waals surface area contributed by atoms with Crippen LogP contribution in [0.25, 0.3) is 0 Å². The fourth-order valence-electron chi connectivity index (χ4n) is 3.01. The summed E-state index contributed by atoms with van der Waals surface area (Å²) in [7, 11) is 0. The van der Waals surface area contributed by atoms with Crippen LogP contribution in [0.15, 0.2) is 11.4 Å². The van der Waals surface area contributed by atoms with Crippen LogP contribution in [0, 0.1) is 0 Å². The van der Waals surface area contributed by atoms with Gasteiger partial charge in [-0.2, -0.15) is 0 Å². The van der Waals surface area contributed by atoms with Crippen LogP contribution in [0.2, 0.25) is 0 Å². The van der Waals surface area contributed by atoms with Crippen molar-refractivity contribution in [1.82, 2.24) is 9.88 Å². The number of hydrogen-bond donors (Lipinski definition) is 2. The van der Waals surface area contributed by atoms with Crippen molar-refractivity contribution in [1.29, 1.82) is 0 Å². The van der Waals surface area contributed by atoms with Gasteiger partial charge in [-0.25, -0.2) is 9.78 Å². The fraction of sp³-hybridized carbons (Fsp3) is 0.688. The number of hydrogen-bond acceptors (Lipinski definition) is 7.